The van der Waals surface area contributed by atoms with Crippen molar-refractivity contribution in [2.75, 3.05) is 0 Å². The van der Waals surface area contributed by atoms with E-state index in [1.54, 1.807) is 0 Å². The SMILES string of the molecule is NC1CCCCc2c(Cl)cc(F)c(F)c21. The van der Waals surface area contributed by atoms with Gasteiger partial charge in [-0.2, -0.15) is 0 Å². The zero-order chi connectivity index (χ0) is 11.0. The molecule has 1 unspecified atom stereocenters. The lowest BCUT2D eigenvalue weighted by Gasteiger charge is -2.15. The molecule has 0 heterocycles. The molecule has 0 bridgehead atoms. The third-order valence-electron chi connectivity index (χ3n) is 2.88. The van der Waals surface area contributed by atoms with E-state index in [9.17, 15) is 8.78 Å². The van der Waals surface area contributed by atoms with E-state index in [0.717, 1.165) is 18.9 Å². The van der Waals surface area contributed by atoms with Crippen LogP contribution in [0.3, 0.4) is 0 Å². The smallest absolute Gasteiger partial charge is 0.163 e. The summed E-state index contributed by atoms with van der Waals surface area (Å²) in [4.78, 5) is 0. The van der Waals surface area contributed by atoms with Gasteiger partial charge in [0.05, 0.1) is 0 Å². The molecule has 2 rings (SSSR count). The topological polar surface area (TPSA) is 26.0 Å². The van der Waals surface area contributed by atoms with Gasteiger partial charge in [-0.3, -0.25) is 0 Å². The Kier molecular flexibility index (Phi) is 2.94. The van der Waals surface area contributed by atoms with Gasteiger partial charge in [-0.05, 0) is 30.9 Å². The normalized spacial score (nSPS) is 20.9. The van der Waals surface area contributed by atoms with Gasteiger partial charge >= 0.3 is 0 Å². The van der Waals surface area contributed by atoms with Crippen molar-refractivity contribution in [1.29, 1.82) is 0 Å². The average molecular weight is 232 g/mol. The molecule has 0 spiro atoms. The average Bonchev–Trinajstić information content (AvgIpc) is 2.37. The van der Waals surface area contributed by atoms with Gasteiger partial charge in [0.1, 0.15) is 0 Å². The van der Waals surface area contributed by atoms with E-state index in [1.807, 2.05) is 0 Å². The minimum Gasteiger partial charge on any atom is -0.324 e. The quantitative estimate of drug-likeness (QED) is 0.538. The number of hydrogen-bond donors (Lipinski definition) is 1. The highest BCUT2D eigenvalue weighted by Crippen LogP contribution is 2.34. The number of benzene rings is 1. The maximum atomic E-state index is 13.6. The lowest BCUT2D eigenvalue weighted by molar-refractivity contribution is 0.483. The van der Waals surface area contributed by atoms with Crippen LogP contribution in [0.4, 0.5) is 8.78 Å². The van der Waals surface area contributed by atoms with Gasteiger partial charge in [-0.25, -0.2) is 8.78 Å². The predicted octanol–water partition coefficient (Wildman–Crippen LogP) is 3.34. The molecule has 1 nitrogen and oxygen atoms in total. The Morgan fingerprint density at radius 2 is 2.07 bits per heavy atom. The van der Waals surface area contributed by atoms with Gasteiger partial charge in [0, 0.05) is 16.6 Å². The first-order valence-electron chi connectivity index (χ1n) is 5.03. The van der Waals surface area contributed by atoms with Crippen LogP contribution in [0.1, 0.15) is 36.4 Å². The maximum absolute atomic E-state index is 13.6. The van der Waals surface area contributed by atoms with Crippen LogP contribution in [0.15, 0.2) is 6.07 Å². The van der Waals surface area contributed by atoms with Crippen molar-refractivity contribution in [1.82, 2.24) is 0 Å². The molecule has 2 N–H and O–H groups in total. The van der Waals surface area contributed by atoms with Gasteiger partial charge in [0.25, 0.3) is 0 Å². The zero-order valence-corrected chi connectivity index (χ0v) is 8.95. The number of rotatable bonds is 0. The van der Waals surface area contributed by atoms with Crippen LogP contribution in [0.25, 0.3) is 0 Å². The van der Waals surface area contributed by atoms with Gasteiger partial charge in [0.15, 0.2) is 11.6 Å². The van der Waals surface area contributed by atoms with Crippen molar-refractivity contribution in [2.24, 2.45) is 5.73 Å². The van der Waals surface area contributed by atoms with Crippen LogP contribution in [0.2, 0.25) is 5.02 Å². The number of hydrogen-bond acceptors (Lipinski definition) is 1. The summed E-state index contributed by atoms with van der Waals surface area (Å²) in [5.41, 5.74) is 6.78. The van der Waals surface area contributed by atoms with Gasteiger partial charge in [-0.15, -0.1) is 0 Å². The Bertz CT molecular complexity index is 393. The minimum absolute atomic E-state index is 0.275. The Labute approximate surface area is 92.2 Å². The highest BCUT2D eigenvalue weighted by Gasteiger charge is 2.24. The first-order valence-corrected chi connectivity index (χ1v) is 5.41. The largest absolute Gasteiger partial charge is 0.324 e. The summed E-state index contributed by atoms with van der Waals surface area (Å²) in [6.07, 6.45) is 3.21. The van der Waals surface area contributed by atoms with E-state index in [-0.39, 0.29) is 5.56 Å². The molecule has 0 aromatic heterocycles. The maximum Gasteiger partial charge on any atom is 0.163 e. The molecule has 1 atom stereocenters. The second kappa shape index (κ2) is 4.06. The minimum atomic E-state index is -0.906. The fourth-order valence-electron chi connectivity index (χ4n) is 2.10. The van der Waals surface area contributed by atoms with Crippen molar-refractivity contribution in [2.45, 2.75) is 31.7 Å². The van der Waals surface area contributed by atoms with Crippen molar-refractivity contribution >= 4 is 11.6 Å². The molecule has 0 radical (unpaired) electrons. The first kappa shape index (κ1) is 10.8. The molecular weight excluding hydrogens is 220 g/mol. The van der Waals surface area contributed by atoms with Crippen LogP contribution >= 0.6 is 11.6 Å². The van der Waals surface area contributed by atoms with E-state index in [0.29, 0.717) is 23.4 Å². The molecule has 15 heavy (non-hydrogen) atoms. The number of fused-ring (bicyclic) bond motifs is 1. The number of halogens is 3. The second-order valence-corrected chi connectivity index (χ2v) is 4.31. The molecule has 0 saturated carbocycles. The van der Waals surface area contributed by atoms with Crippen molar-refractivity contribution in [3.8, 4) is 0 Å². The Morgan fingerprint density at radius 3 is 2.80 bits per heavy atom. The summed E-state index contributed by atoms with van der Waals surface area (Å²) in [5.74, 6) is -1.74. The van der Waals surface area contributed by atoms with Gasteiger partial charge in [0.2, 0.25) is 0 Å². The van der Waals surface area contributed by atoms with Gasteiger partial charge < -0.3 is 5.73 Å². The summed E-state index contributed by atoms with van der Waals surface area (Å²) < 4.78 is 26.7. The fourth-order valence-corrected chi connectivity index (χ4v) is 2.39. The summed E-state index contributed by atoms with van der Waals surface area (Å²) in [6, 6.07) is 0.601. The van der Waals surface area contributed by atoms with Gasteiger partial charge in [-0.1, -0.05) is 18.0 Å². The third-order valence-corrected chi connectivity index (χ3v) is 3.21. The van der Waals surface area contributed by atoms with E-state index in [4.69, 9.17) is 17.3 Å². The van der Waals surface area contributed by atoms with E-state index in [1.165, 1.54) is 0 Å². The standard InChI is InChI=1S/C11H12ClF2N/c12-7-5-8(13)11(14)10-6(7)3-1-2-4-9(10)15/h5,9H,1-4,15H2. The lowest BCUT2D eigenvalue weighted by Crippen LogP contribution is -2.14. The van der Waals surface area contributed by atoms with Crippen molar-refractivity contribution in [3.05, 3.63) is 33.9 Å². The predicted molar refractivity (Wildman–Crippen MR) is 55.9 cm³/mol. The Hall–Kier alpha value is -0.670. The fraction of sp³-hybridized carbons (Fsp3) is 0.455. The summed E-state index contributed by atoms with van der Waals surface area (Å²) in [7, 11) is 0. The molecule has 4 heteroatoms. The summed E-state index contributed by atoms with van der Waals surface area (Å²) in [5, 5.41) is 0.293. The van der Waals surface area contributed by atoms with Crippen molar-refractivity contribution < 1.29 is 8.78 Å². The van der Waals surface area contributed by atoms with Crippen LogP contribution < -0.4 is 5.73 Å². The van der Waals surface area contributed by atoms with Crippen LogP contribution in [0.5, 0.6) is 0 Å². The molecule has 0 amide bonds. The first-order chi connectivity index (χ1) is 7.11. The Morgan fingerprint density at radius 1 is 1.33 bits per heavy atom. The lowest BCUT2D eigenvalue weighted by atomic mass is 9.98. The number of nitrogens with two attached hydrogens (primary N) is 1. The highest BCUT2D eigenvalue weighted by atomic mass is 35.5. The third kappa shape index (κ3) is 1.86. The highest BCUT2D eigenvalue weighted by molar-refractivity contribution is 6.31. The molecule has 0 fully saturated rings. The molecule has 1 aliphatic carbocycles. The van der Waals surface area contributed by atoms with Crippen LogP contribution in [-0.2, 0) is 6.42 Å². The van der Waals surface area contributed by atoms with Crippen LogP contribution in [-0.4, -0.2) is 0 Å². The summed E-state index contributed by atoms with van der Waals surface area (Å²) in [6.45, 7) is 0. The van der Waals surface area contributed by atoms with E-state index in [2.05, 4.69) is 0 Å². The molecule has 1 aromatic carbocycles. The molecule has 1 aliphatic rings. The molecular formula is C11H12ClF2N. The zero-order valence-electron chi connectivity index (χ0n) is 8.19. The molecule has 82 valence electrons. The molecule has 0 aliphatic heterocycles. The second-order valence-electron chi connectivity index (χ2n) is 3.90. The molecule has 0 saturated heterocycles. The Balaban J connectivity index is 2.63. The van der Waals surface area contributed by atoms with Crippen molar-refractivity contribution in [3.63, 3.8) is 0 Å². The monoisotopic (exact) mass is 231 g/mol. The van der Waals surface area contributed by atoms with E-state index >= 15 is 0 Å². The van der Waals surface area contributed by atoms with E-state index < -0.39 is 17.7 Å². The summed E-state index contributed by atoms with van der Waals surface area (Å²) >= 11 is 5.90. The molecule has 1 aromatic rings. The van der Waals surface area contributed by atoms with Crippen LogP contribution in [0, 0.1) is 11.6 Å².